The molecule has 3 rings (SSSR count). The van der Waals surface area contributed by atoms with Crippen molar-refractivity contribution in [3.8, 4) is 10.4 Å². The van der Waals surface area contributed by atoms with Crippen LogP contribution in [0.1, 0.15) is 36.1 Å². The van der Waals surface area contributed by atoms with Crippen LogP contribution in [0.3, 0.4) is 0 Å². The van der Waals surface area contributed by atoms with Crippen LogP contribution in [0.4, 0.5) is 5.69 Å². The first kappa shape index (κ1) is 14.6. The number of anilines is 1. The van der Waals surface area contributed by atoms with Crippen molar-refractivity contribution in [1.29, 1.82) is 0 Å². The lowest BCUT2D eigenvalue weighted by molar-refractivity contribution is 0.701. The average Bonchev–Trinajstić information content (AvgIpc) is 2.97. The number of nitrogens with two attached hydrogens (primary N) is 1. The maximum atomic E-state index is 5.67. The summed E-state index contributed by atoms with van der Waals surface area (Å²) in [6.07, 6.45) is 3.53. The zero-order valence-electron chi connectivity index (χ0n) is 12.9. The Labute approximate surface area is 131 Å². The van der Waals surface area contributed by atoms with E-state index in [2.05, 4.69) is 49.2 Å². The summed E-state index contributed by atoms with van der Waals surface area (Å²) < 4.78 is 0. The van der Waals surface area contributed by atoms with E-state index in [0.29, 0.717) is 5.92 Å². The standard InChI is InChI=1S/C18H24N2S/c1-13(9-10-19)17-7-8-18(21-17)15-5-6-16-14(12-15)4-3-11-20(16)2/h5-8,12-13H,3-4,9-11,19H2,1-2H3. The molecule has 0 saturated carbocycles. The van der Waals surface area contributed by atoms with E-state index in [4.69, 9.17) is 5.73 Å². The van der Waals surface area contributed by atoms with E-state index in [1.165, 1.54) is 46.0 Å². The summed E-state index contributed by atoms with van der Waals surface area (Å²) in [6.45, 7) is 4.20. The number of hydrogen-bond donors (Lipinski definition) is 1. The van der Waals surface area contributed by atoms with E-state index in [1.54, 1.807) is 0 Å². The molecule has 1 aromatic heterocycles. The molecular formula is C18H24N2S. The van der Waals surface area contributed by atoms with Gasteiger partial charge in [0.2, 0.25) is 0 Å². The fourth-order valence-electron chi connectivity index (χ4n) is 3.10. The number of rotatable bonds is 4. The second-order valence-corrected chi connectivity index (χ2v) is 7.16. The third kappa shape index (κ3) is 2.99. The molecule has 0 aliphatic carbocycles. The van der Waals surface area contributed by atoms with Crippen LogP contribution in [0.25, 0.3) is 10.4 Å². The summed E-state index contributed by atoms with van der Waals surface area (Å²) in [5.74, 6) is 0.567. The third-order valence-corrected chi connectivity index (χ3v) is 5.79. The van der Waals surface area contributed by atoms with Crippen molar-refractivity contribution in [2.45, 2.75) is 32.1 Å². The highest BCUT2D eigenvalue weighted by Gasteiger charge is 2.15. The molecule has 3 heteroatoms. The number of aryl methyl sites for hydroxylation is 1. The van der Waals surface area contributed by atoms with Gasteiger partial charge in [-0.05, 0) is 67.1 Å². The molecule has 0 radical (unpaired) electrons. The van der Waals surface area contributed by atoms with Crippen LogP contribution >= 0.6 is 11.3 Å². The van der Waals surface area contributed by atoms with Crippen LogP contribution < -0.4 is 10.6 Å². The Hall–Kier alpha value is -1.32. The second-order valence-electron chi connectivity index (χ2n) is 6.05. The van der Waals surface area contributed by atoms with Crippen molar-refractivity contribution in [3.05, 3.63) is 40.8 Å². The molecule has 0 saturated heterocycles. The van der Waals surface area contributed by atoms with Gasteiger partial charge in [0.1, 0.15) is 0 Å². The molecule has 1 atom stereocenters. The molecule has 0 amide bonds. The smallest absolute Gasteiger partial charge is 0.0396 e. The molecule has 1 unspecified atom stereocenters. The van der Waals surface area contributed by atoms with Crippen molar-refractivity contribution >= 4 is 17.0 Å². The Morgan fingerprint density at radius 1 is 1.29 bits per heavy atom. The van der Waals surface area contributed by atoms with Gasteiger partial charge in [-0.3, -0.25) is 0 Å². The van der Waals surface area contributed by atoms with Gasteiger partial charge in [0.05, 0.1) is 0 Å². The van der Waals surface area contributed by atoms with Crippen LogP contribution in [-0.2, 0) is 6.42 Å². The van der Waals surface area contributed by atoms with Crippen molar-refractivity contribution in [3.63, 3.8) is 0 Å². The first-order valence-electron chi connectivity index (χ1n) is 7.83. The van der Waals surface area contributed by atoms with Crippen molar-refractivity contribution in [2.75, 3.05) is 25.0 Å². The van der Waals surface area contributed by atoms with Crippen molar-refractivity contribution < 1.29 is 0 Å². The Balaban J connectivity index is 1.87. The zero-order chi connectivity index (χ0) is 14.8. The van der Waals surface area contributed by atoms with E-state index in [0.717, 1.165) is 13.0 Å². The monoisotopic (exact) mass is 300 g/mol. The zero-order valence-corrected chi connectivity index (χ0v) is 13.7. The Kier molecular flexibility index (Phi) is 4.32. The van der Waals surface area contributed by atoms with Crippen molar-refractivity contribution in [1.82, 2.24) is 0 Å². The van der Waals surface area contributed by atoms with E-state index >= 15 is 0 Å². The lowest BCUT2D eigenvalue weighted by Gasteiger charge is -2.27. The first-order chi connectivity index (χ1) is 10.2. The normalized spacial score (nSPS) is 15.9. The van der Waals surface area contributed by atoms with Gasteiger partial charge in [0, 0.05) is 29.0 Å². The van der Waals surface area contributed by atoms with Crippen LogP contribution in [0.15, 0.2) is 30.3 Å². The summed E-state index contributed by atoms with van der Waals surface area (Å²) in [7, 11) is 2.19. The maximum absolute atomic E-state index is 5.67. The fraction of sp³-hybridized carbons (Fsp3) is 0.444. The third-order valence-electron chi connectivity index (χ3n) is 4.43. The molecule has 1 aromatic carbocycles. The summed E-state index contributed by atoms with van der Waals surface area (Å²) in [6, 6.07) is 11.5. The van der Waals surface area contributed by atoms with E-state index < -0.39 is 0 Å². The summed E-state index contributed by atoms with van der Waals surface area (Å²) in [5, 5.41) is 0. The topological polar surface area (TPSA) is 29.3 Å². The fourth-order valence-corrected chi connectivity index (χ4v) is 4.19. The van der Waals surface area contributed by atoms with Gasteiger partial charge in [-0.25, -0.2) is 0 Å². The van der Waals surface area contributed by atoms with Gasteiger partial charge in [-0.2, -0.15) is 0 Å². The molecule has 2 N–H and O–H groups in total. The lowest BCUT2D eigenvalue weighted by atomic mass is 9.99. The van der Waals surface area contributed by atoms with Gasteiger partial charge in [-0.1, -0.05) is 13.0 Å². The molecule has 112 valence electrons. The molecule has 2 heterocycles. The van der Waals surface area contributed by atoms with E-state index in [-0.39, 0.29) is 0 Å². The van der Waals surface area contributed by atoms with Crippen LogP contribution in [0.5, 0.6) is 0 Å². The predicted octanol–water partition coefficient (Wildman–Crippen LogP) is 4.25. The molecule has 21 heavy (non-hydrogen) atoms. The summed E-state index contributed by atoms with van der Waals surface area (Å²) in [4.78, 5) is 5.20. The van der Waals surface area contributed by atoms with E-state index in [9.17, 15) is 0 Å². The van der Waals surface area contributed by atoms with Gasteiger partial charge < -0.3 is 10.6 Å². The van der Waals surface area contributed by atoms with Crippen LogP contribution in [0.2, 0.25) is 0 Å². The largest absolute Gasteiger partial charge is 0.374 e. The molecule has 0 fully saturated rings. The minimum Gasteiger partial charge on any atom is -0.374 e. The Morgan fingerprint density at radius 3 is 2.95 bits per heavy atom. The predicted molar refractivity (Wildman–Crippen MR) is 93.4 cm³/mol. The molecule has 0 spiro atoms. The molecule has 2 nitrogen and oxygen atoms in total. The lowest BCUT2D eigenvalue weighted by Crippen LogP contribution is -2.24. The van der Waals surface area contributed by atoms with Gasteiger partial charge >= 0.3 is 0 Å². The SMILES string of the molecule is CC(CCN)c1ccc(-c2ccc3c(c2)CCCN3C)s1. The molecule has 0 bridgehead atoms. The summed E-state index contributed by atoms with van der Waals surface area (Å²) in [5.41, 5.74) is 9.93. The number of thiophene rings is 1. The second kappa shape index (κ2) is 6.20. The molecule has 1 aliphatic rings. The Bertz CT molecular complexity index is 617. The number of hydrogen-bond acceptors (Lipinski definition) is 3. The highest BCUT2D eigenvalue weighted by molar-refractivity contribution is 7.15. The minimum absolute atomic E-state index is 0.567. The molecular weight excluding hydrogens is 276 g/mol. The minimum atomic E-state index is 0.567. The van der Waals surface area contributed by atoms with Gasteiger partial charge in [-0.15, -0.1) is 11.3 Å². The highest BCUT2D eigenvalue weighted by Crippen LogP contribution is 2.36. The van der Waals surface area contributed by atoms with E-state index in [1.807, 2.05) is 11.3 Å². The first-order valence-corrected chi connectivity index (χ1v) is 8.65. The van der Waals surface area contributed by atoms with Crippen LogP contribution in [-0.4, -0.2) is 20.1 Å². The van der Waals surface area contributed by atoms with Gasteiger partial charge in [0.15, 0.2) is 0 Å². The average molecular weight is 300 g/mol. The van der Waals surface area contributed by atoms with Gasteiger partial charge in [0.25, 0.3) is 0 Å². The van der Waals surface area contributed by atoms with Crippen molar-refractivity contribution in [2.24, 2.45) is 5.73 Å². The highest BCUT2D eigenvalue weighted by atomic mass is 32.1. The maximum Gasteiger partial charge on any atom is 0.0396 e. The molecule has 2 aromatic rings. The quantitative estimate of drug-likeness (QED) is 0.914. The van der Waals surface area contributed by atoms with Crippen LogP contribution in [0, 0.1) is 0 Å². The molecule has 1 aliphatic heterocycles. The Morgan fingerprint density at radius 2 is 2.14 bits per heavy atom. The number of nitrogens with zero attached hydrogens (tertiary/aromatic N) is 1. The number of benzene rings is 1. The number of fused-ring (bicyclic) bond motifs is 1. The summed E-state index contributed by atoms with van der Waals surface area (Å²) >= 11 is 1.92.